The van der Waals surface area contributed by atoms with E-state index in [1.165, 1.54) is 18.2 Å². The quantitative estimate of drug-likeness (QED) is 0.330. The van der Waals surface area contributed by atoms with Crippen LogP contribution >= 0.6 is 0 Å². The van der Waals surface area contributed by atoms with Gasteiger partial charge < -0.3 is 15.1 Å². The van der Waals surface area contributed by atoms with Crippen LogP contribution in [0.3, 0.4) is 0 Å². The summed E-state index contributed by atoms with van der Waals surface area (Å²) in [6, 6.07) is 5.14. The van der Waals surface area contributed by atoms with Gasteiger partial charge in [0, 0.05) is 37.7 Å². The number of benzene rings is 1. The molecule has 13 heteroatoms. The molecule has 1 aromatic carbocycles. The topological polar surface area (TPSA) is 100 Å². The largest absolute Gasteiger partial charge is 0.365 e. The summed E-state index contributed by atoms with van der Waals surface area (Å²) in [6.07, 6.45) is 5.40. The molecule has 1 unspecified atom stereocenters. The first-order valence-electron chi connectivity index (χ1n) is 17.4. The van der Waals surface area contributed by atoms with Crippen molar-refractivity contribution in [2.45, 2.75) is 84.2 Å². The van der Waals surface area contributed by atoms with Crippen molar-refractivity contribution in [3.63, 3.8) is 0 Å². The minimum atomic E-state index is -3.32. The number of alkyl halides is 2. The fourth-order valence-corrected chi connectivity index (χ4v) is 8.81. The number of piperidine rings is 1. The number of nitrogens with one attached hydrogen (secondary N) is 1. The van der Waals surface area contributed by atoms with Gasteiger partial charge in [0.05, 0.1) is 28.5 Å². The molecule has 0 amide bonds. The molecule has 4 aliphatic rings. The van der Waals surface area contributed by atoms with E-state index in [4.69, 9.17) is 0 Å². The Hall–Kier alpha value is -3.19. The minimum Gasteiger partial charge on any atom is -0.365 e. The van der Waals surface area contributed by atoms with Gasteiger partial charge in [-0.3, -0.25) is 9.36 Å². The van der Waals surface area contributed by atoms with Crippen LogP contribution in [0.15, 0.2) is 29.1 Å². The van der Waals surface area contributed by atoms with E-state index in [9.17, 15) is 13.2 Å². The van der Waals surface area contributed by atoms with Gasteiger partial charge >= 0.3 is 0 Å². The average Bonchev–Trinajstić information content (AvgIpc) is 3.03. The molecule has 6 heterocycles. The SMILES string of the molecule is Cc1nc2c3cc(N4CCS(=O)(=O)CC4)c(=O)n(c3n1)CCCCCCC(C)CN1CCC(CC1)C(F)(F)c1cccc(c1F)[C@@H](C)N2. The number of fused-ring (bicyclic) bond motifs is 10. The van der Waals surface area contributed by atoms with Gasteiger partial charge in [0.15, 0.2) is 9.84 Å². The molecule has 7 rings (SSSR count). The predicted octanol–water partition coefficient (Wildman–Crippen LogP) is 6.05. The Morgan fingerprint density at radius 2 is 1.65 bits per heavy atom. The van der Waals surface area contributed by atoms with Crippen LogP contribution in [0.4, 0.5) is 24.7 Å². The molecule has 1 N–H and O–H groups in total. The minimum absolute atomic E-state index is 0.0473. The summed E-state index contributed by atoms with van der Waals surface area (Å²) in [7, 11) is -3.18. The van der Waals surface area contributed by atoms with Crippen molar-refractivity contribution in [1.82, 2.24) is 19.4 Å². The van der Waals surface area contributed by atoms with Crippen LogP contribution in [0.1, 0.15) is 81.8 Å². The fourth-order valence-electron chi connectivity index (χ4n) is 7.61. The standard InChI is InChI=1S/C35H47F3N6O3S/c1-23-9-6-4-5-7-14-44-33-28(21-30(34(44)45)43-17-19-48(46,47)20-18-43)32(40-25(3)41-33)39-24(2)27-10-8-11-29(31(27)36)35(37,38)26-12-15-42(22-23)16-13-26/h8,10-11,21,23-24,26H,4-7,9,12-20,22H2,1-3H3,(H,39,40,41)/t23?,24-/m1/s1. The lowest BCUT2D eigenvalue weighted by Gasteiger charge is -2.37. The van der Waals surface area contributed by atoms with E-state index < -0.39 is 39.1 Å². The molecule has 262 valence electrons. The van der Waals surface area contributed by atoms with Gasteiger partial charge in [-0.05, 0) is 64.6 Å². The number of sulfone groups is 1. The molecule has 0 spiro atoms. The lowest BCUT2D eigenvalue weighted by Crippen LogP contribution is -2.43. The van der Waals surface area contributed by atoms with Crippen molar-refractivity contribution in [2.75, 3.05) is 54.4 Å². The first-order chi connectivity index (χ1) is 22.8. The number of halogens is 3. The maximum Gasteiger partial charge on any atom is 0.278 e. The summed E-state index contributed by atoms with van der Waals surface area (Å²) in [5.74, 6) is -4.10. The highest BCUT2D eigenvalue weighted by Gasteiger charge is 2.45. The molecule has 48 heavy (non-hydrogen) atoms. The monoisotopic (exact) mass is 688 g/mol. The third kappa shape index (κ3) is 7.22. The molecular weight excluding hydrogens is 641 g/mol. The molecule has 4 aliphatic heterocycles. The Balaban J connectivity index is 1.42. The number of aromatic nitrogens is 3. The average molecular weight is 689 g/mol. The first-order valence-corrected chi connectivity index (χ1v) is 19.2. The van der Waals surface area contributed by atoms with Crippen LogP contribution in [0.2, 0.25) is 0 Å². The van der Waals surface area contributed by atoms with Gasteiger partial charge in [0.25, 0.3) is 11.5 Å². The van der Waals surface area contributed by atoms with Gasteiger partial charge in [0.2, 0.25) is 0 Å². The number of hydrogen-bond donors (Lipinski definition) is 1. The van der Waals surface area contributed by atoms with Crippen LogP contribution in [0, 0.1) is 24.6 Å². The van der Waals surface area contributed by atoms with Crippen molar-refractivity contribution in [3.8, 4) is 0 Å². The molecule has 2 atom stereocenters. The zero-order valence-corrected chi connectivity index (χ0v) is 29.0. The van der Waals surface area contributed by atoms with Crippen molar-refractivity contribution in [2.24, 2.45) is 11.8 Å². The summed E-state index contributed by atoms with van der Waals surface area (Å²) in [4.78, 5) is 27.4. The summed E-state index contributed by atoms with van der Waals surface area (Å²) < 4.78 is 74.2. The van der Waals surface area contributed by atoms with Gasteiger partial charge in [-0.2, -0.15) is 0 Å². The Kier molecular flexibility index (Phi) is 10.1. The third-order valence-electron chi connectivity index (χ3n) is 10.4. The van der Waals surface area contributed by atoms with Crippen LogP contribution < -0.4 is 15.8 Å². The smallest absolute Gasteiger partial charge is 0.278 e. The van der Waals surface area contributed by atoms with E-state index in [1.807, 2.05) is 0 Å². The van der Waals surface area contributed by atoms with E-state index in [0.717, 1.165) is 38.6 Å². The molecule has 2 aromatic heterocycles. The van der Waals surface area contributed by atoms with Gasteiger partial charge in [-0.15, -0.1) is 0 Å². The van der Waals surface area contributed by atoms with E-state index in [-0.39, 0.29) is 35.7 Å². The zero-order valence-electron chi connectivity index (χ0n) is 28.2. The molecule has 0 saturated carbocycles. The van der Waals surface area contributed by atoms with Gasteiger partial charge in [-0.1, -0.05) is 44.4 Å². The van der Waals surface area contributed by atoms with E-state index in [1.54, 1.807) is 29.4 Å². The third-order valence-corrected chi connectivity index (χ3v) is 12.0. The summed E-state index contributed by atoms with van der Waals surface area (Å²) in [5.41, 5.74) is 0.0632. The molecule has 2 saturated heterocycles. The van der Waals surface area contributed by atoms with Crippen LogP contribution in [-0.2, 0) is 22.3 Å². The van der Waals surface area contributed by atoms with E-state index in [0.29, 0.717) is 66.8 Å². The second-order valence-corrected chi connectivity index (χ2v) is 16.4. The molecule has 9 nitrogen and oxygen atoms in total. The van der Waals surface area contributed by atoms with Crippen LogP contribution in [0.25, 0.3) is 11.0 Å². The number of pyridine rings is 1. The summed E-state index contributed by atoms with van der Waals surface area (Å²) >= 11 is 0. The molecule has 2 fully saturated rings. The van der Waals surface area contributed by atoms with Gasteiger partial charge in [-0.25, -0.2) is 31.6 Å². The summed E-state index contributed by atoms with van der Waals surface area (Å²) in [5, 5.41) is 3.79. The predicted molar refractivity (Wildman–Crippen MR) is 183 cm³/mol. The number of anilines is 2. The summed E-state index contributed by atoms with van der Waals surface area (Å²) in [6.45, 7) is 8.45. The maximum atomic E-state index is 16.1. The first kappa shape index (κ1) is 34.7. The molecule has 3 aromatic rings. The highest BCUT2D eigenvalue weighted by molar-refractivity contribution is 7.91. The second kappa shape index (κ2) is 14.0. The Morgan fingerprint density at radius 3 is 2.38 bits per heavy atom. The number of rotatable bonds is 1. The highest BCUT2D eigenvalue weighted by Crippen LogP contribution is 2.44. The number of hydrogen-bond acceptors (Lipinski definition) is 8. The van der Waals surface area contributed by atoms with Crippen LogP contribution in [-0.4, -0.2) is 72.1 Å². The highest BCUT2D eigenvalue weighted by atomic mass is 32.2. The zero-order chi connectivity index (χ0) is 34.2. The van der Waals surface area contributed by atoms with Crippen molar-refractivity contribution >= 4 is 32.4 Å². The molecular formula is C35H47F3N6O3S. The normalized spacial score (nSPS) is 26.8. The Bertz CT molecular complexity index is 1800. The number of nitrogens with zero attached hydrogens (tertiary/aromatic N) is 5. The lowest BCUT2D eigenvalue weighted by molar-refractivity contribution is -0.0886. The van der Waals surface area contributed by atoms with Crippen LogP contribution in [0.5, 0.6) is 0 Å². The fraction of sp³-hybridized carbons (Fsp3) is 0.629. The second-order valence-electron chi connectivity index (χ2n) is 14.1. The molecule has 0 aliphatic carbocycles. The number of aryl methyl sites for hydroxylation is 2. The van der Waals surface area contributed by atoms with Crippen molar-refractivity contribution in [1.29, 1.82) is 0 Å². The van der Waals surface area contributed by atoms with Crippen molar-refractivity contribution in [3.05, 3.63) is 57.4 Å². The van der Waals surface area contributed by atoms with E-state index >= 15 is 13.2 Å². The lowest BCUT2D eigenvalue weighted by atomic mass is 9.85. The van der Waals surface area contributed by atoms with E-state index in [2.05, 4.69) is 27.1 Å². The Morgan fingerprint density at radius 1 is 0.938 bits per heavy atom. The maximum absolute atomic E-state index is 16.1. The molecule has 0 radical (unpaired) electrons. The van der Waals surface area contributed by atoms with Gasteiger partial charge in [0.1, 0.15) is 28.8 Å². The molecule has 8 bridgehead atoms. The van der Waals surface area contributed by atoms with Crippen molar-refractivity contribution < 1.29 is 21.6 Å². The Labute approximate surface area is 280 Å².